The van der Waals surface area contributed by atoms with Gasteiger partial charge in [0.15, 0.2) is 11.6 Å². The highest BCUT2D eigenvalue weighted by Crippen LogP contribution is 2.32. The normalized spacial score (nSPS) is 19.6. The SMILES string of the molecule is O=C(CCN1CCC(c2ccccc2)C1)c1cc2c(cc1Cl)OCCC2=O. The molecule has 2 aliphatic rings. The molecule has 0 bridgehead atoms. The minimum Gasteiger partial charge on any atom is -0.492 e. The van der Waals surface area contributed by atoms with Gasteiger partial charge in [-0.2, -0.15) is 0 Å². The van der Waals surface area contributed by atoms with Crippen LogP contribution in [0.3, 0.4) is 0 Å². The van der Waals surface area contributed by atoms with E-state index in [1.54, 1.807) is 12.1 Å². The van der Waals surface area contributed by atoms with E-state index in [1.807, 2.05) is 6.07 Å². The van der Waals surface area contributed by atoms with Crippen LogP contribution in [0.1, 0.15) is 51.5 Å². The van der Waals surface area contributed by atoms with Crippen molar-refractivity contribution in [2.75, 3.05) is 26.2 Å². The Balaban J connectivity index is 1.39. The van der Waals surface area contributed by atoms with Crippen molar-refractivity contribution in [3.63, 3.8) is 0 Å². The lowest BCUT2D eigenvalue weighted by Gasteiger charge is -2.19. The molecule has 4 rings (SSSR count). The highest BCUT2D eigenvalue weighted by Gasteiger charge is 2.26. The lowest BCUT2D eigenvalue weighted by Crippen LogP contribution is -2.24. The van der Waals surface area contributed by atoms with Crippen LogP contribution in [-0.2, 0) is 0 Å². The summed E-state index contributed by atoms with van der Waals surface area (Å²) >= 11 is 6.28. The number of carbonyl (C=O) groups excluding carboxylic acids is 2. The average molecular weight is 384 g/mol. The average Bonchev–Trinajstić information content (AvgIpc) is 3.16. The Labute approximate surface area is 164 Å². The fraction of sp³-hybridized carbons (Fsp3) is 0.364. The van der Waals surface area contributed by atoms with Crippen LogP contribution in [-0.4, -0.2) is 42.7 Å². The van der Waals surface area contributed by atoms with E-state index in [1.165, 1.54) is 5.56 Å². The number of nitrogens with zero attached hydrogens (tertiary/aromatic N) is 1. The van der Waals surface area contributed by atoms with Crippen LogP contribution in [0.4, 0.5) is 0 Å². The Bertz CT molecular complexity index is 865. The second-order valence-electron chi connectivity index (χ2n) is 7.22. The van der Waals surface area contributed by atoms with E-state index < -0.39 is 0 Å². The largest absolute Gasteiger partial charge is 0.492 e. The van der Waals surface area contributed by atoms with Crippen LogP contribution in [0.25, 0.3) is 0 Å². The number of rotatable bonds is 5. The number of benzene rings is 2. The van der Waals surface area contributed by atoms with Gasteiger partial charge in [-0.15, -0.1) is 0 Å². The molecule has 0 amide bonds. The van der Waals surface area contributed by atoms with Crippen molar-refractivity contribution in [2.24, 2.45) is 0 Å². The summed E-state index contributed by atoms with van der Waals surface area (Å²) in [7, 11) is 0. The first kappa shape index (κ1) is 18.2. The zero-order valence-corrected chi connectivity index (χ0v) is 15.9. The van der Waals surface area contributed by atoms with Gasteiger partial charge in [-0.3, -0.25) is 9.59 Å². The monoisotopic (exact) mass is 383 g/mol. The van der Waals surface area contributed by atoms with E-state index in [0.717, 1.165) is 19.5 Å². The van der Waals surface area contributed by atoms with E-state index in [9.17, 15) is 9.59 Å². The lowest BCUT2D eigenvalue weighted by molar-refractivity contribution is 0.0933. The molecule has 4 nitrogen and oxygen atoms in total. The van der Waals surface area contributed by atoms with E-state index in [-0.39, 0.29) is 11.6 Å². The second-order valence-corrected chi connectivity index (χ2v) is 7.63. The van der Waals surface area contributed by atoms with Gasteiger partial charge in [0.25, 0.3) is 0 Å². The third kappa shape index (κ3) is 3.92. The molecule has 0 aliphatic carbocycles. The first-order chi connectivity index (χ1) is 13.1. The Morgan fingerprint density at radius 1 is 1.22 bits per heavy atom. The number of hydrogen-bond donors (Lipinski definition) is 0. The molecule has 2 aromatic rings. The molecule has 27 heavy (non-hydrogen) atoms. The Morgan fingerprint density at radius 3 is 2.85 bits per heavy atom. The summed E-state index contributed by atoms with van der Waals surface area (Å²) in [4.78, 5) is 27.1. The summed E-state index contributed by atoms with van der Waals surface area (Å²) in [6, 6.07) is 13.7. The number of carbonyl (C=O) groups is 2. The zero-order valence-electron chi connectivity index (χ0n) is 15.1. The van der Waals surface area contributed by atoms with Crippen molar-refractivity contribution in [1.29, 1.82) is 0 Å². The van der Waals surface area contributed by atoms with Crippen LogP contribution in [0.2, 0.25) is 5.02 Å². The van der Waals surface area contributed by atoms with Crippen LogP contribution in [0, 0.1) is 0 Å². The number of halogens is 1. The standard InChI is InChI=1S/C22H22ClNO3/c23-19-13-22-18(21(26)8-11-27-22)12-17(19)20(25)7-10-24-9-6-16(14-24)15-4-2-1-3-5-15/h1-5,12-13,16H,6-11,14H2. The van der Waals surface area contributed by atoms with Crippen LogP contribution in [0.15, 0.2) is 42.5 Å². The third-order valence-electron chi connectivity index (χ3n) is 5.46. The number of Topliss-reactive ketones (excluding diaryl/α,β-unsaturated/α-hetero) is 2. The lowest BCUT2D eigenvalue weighted by atomic mass is 9.98. The Kier molecular flexibility index (Phi) is 5.28. The minimum absolute atomic E-state index is 0.00668. The van der Waals surface area contributed by atoms with Gasteiger partial charge in [0, 0.05) is 37.6 Å². The summed E-state index contributed by atoms with van der Waals surface area (Å²) in [6.07, 6.45) is 1.86. The topological polar surface area (TPSA) is 46.6 Å². The molecule has 2 heterocycles. The fourth-order valence-corrected chi connectivity index (χ4v) is 4.18. The Hall–Kier alpha value is -2.17. The molecular weight excluding hydrogens is 362 g/mol. The van der Waals surface area contributed by atoms with Gasteiger partial charge in [-0.25, -0.2) is 0 Å². The van der Waals surface area contributed by atoms with E-state index in [0.29, 0.717) is 53.8 Å². The maximum absolute atomic E-state index is 12.7. The summed E-state index contributed by atoms with van der Waals surface area (Å²) < 4.78 is 5.48. The number of likely N-dealkylation sites (tertiary alicyclic amines) is 1. The molecule has 1 atom stereocenters. The van der Waals surface area contributed by atoms with Gasteiger partial charge < -0.3 is 9.64 Å². The van der Waals surface area contributed by atoms with E-state index >= 15 is 0 Å². The fourth-order valence-electron chi connectivity index (χ4n) is 3.92. The first-order valence-corrected chi connectivity index (χ1v) is 9.79. The quantitative estimate of drug-likeness (QED) is 0.719. The van der Waals surface area contributed by atoms with Crippen LogP contribution >= 0.6 is 11.6 Å². The molecule has 2 aliphatic heterocycles. The number of ether oxygens (including phenoxy) is 1. The molecule has 0 radical (unpaired) electrons. The predicted octanol–water partition coefficient (Wildman–Crippen LogP) is 4.37. The molecule has 1 saturated heterocycles. The van der Waals surface area contributed by atoms with Crippen molar-refractivity contribution in [1.82, 2.24) is 4.90 Å². The summed E-state index contributed by atoms with van der Waals surface area (Å²) in [5.41, 5.74) is 2.26. The summed E-state index contributed by atoms with van der Waals surface area (Å²) in [6.45, 7) is 3.05. The molecule has 2 aromatic carbocycles. The van der Waals surface area contributed by atoms with Crippen LogP contribution in [0.5, 0.6) is 5.75 Å². The number of ketones is 2. The highest BCUT2D eigenvalue weighted by molar-refractivity contribution is 6.34. The molecule has 5 heteroatoms. The summed E-state index contributed by atoms with van der Waals surface area (Å²) in [5.74, 6) is 0.998. The highest BCUT2D eigenvalue weighted by atomic mass is 35.5. The zero-order chi connectivity index (χ0) is 18.8. The molecule has 1 unspecified atom stereocenters. The first-order valence-electron chi connectivity index (χ1n) is 9.42. The molecule has 0 N–H and O–H groups in total. The van der Waals surface area contributed by atoms with Crippen LogP contribution < -0.4 is 4.74 Å². The predicted molar refractivity (Wildman–Crippen MR) is 105 cm³/mol. The van der Waals surface area contributed by atoms with E-state index in [4.69, 9.17) is 16.3 Å². The van der Waals surface area contributed by atoms with Gasteiger partial charge in [-0.05, 0) is 30.5 Å². The maximum atomic E-state index is 12.7. The summed E-state index contributed by atoms with van der Waals surface area (Å²) in [5, 5.41) is 0.358. The van der Waals surface area contributed by atoms with Gasteiger partial charge in [0.2, 0.25) is 0 Å². The van der Waals surface area contributed by atoms with Crippen molar-refractivity contribution in [3.05, 3.63) is 64.2 Å². The molecular formula is C22H22ClNO3. The van der Waals surface area contributed by atoms with Crippen molar-refractivity contribution < 1.29 is 14.3 Å². The Morgan fingerprint density at radius 2 is 2.04 bits per heavy atom. The molecule has 0 saturated carbocycles. The number of fused-ring (bicyclic) bond motifs is 1. The molecule has 0 aromatic heterocycles. The van der Waals surface area contributed by atoms with Gasteiger partial charge >= 0.3 is 0 Å². The smallest absolute Gasteiger partial charge is 0.170 e. The van der Waals surface area contributed by atoms with Gasteiger partial charge in [0.05, 0.1) is 17.2 Å². The van der Waals surface area contributed by atoms with Crippen molar-refractivity contribution in [3.8, 4) is 5.75 Å². The van der Waals surface area contributed by atoms with Crippen molar-refractivity contribution in [2.45, 2.75) is 25.2 Å². The van der Waals surface area contributed by atoms with E-state index in [2.05, 4.69) is 29.2 Å². The van der Waals surface area contributed by atoms with Gasteiger partial charge in [0.1, 0.15) is 5.75 Å². The minimum atomic E-state index is -0.0238. The van der Waals surface area contributed by atoms with Crippen molar-refractivity contribution >= 4 is 23.2 Å². The molecule has 0 spiro atoms. The maximum Gasteiger partial charge on any atom is 0.170 e. The molecule has 140 valence electrons. The van der Waals surface area contributed by atoms with Gasteiger partial charge in [-0.1, -0.05) is 41.9 Å². The number of hydrogen-bond acceptors (Lipinski definition) is 4. The second kappa shape index (κ2) is 7.83. The third-order valence-corrected chi connectivity index (χ3v) is 5.77. The molecule has 1 fully saturated rings.